The Bertz CT molecular complexity index is 1460. The normalized spacial score (nSPS) is 10.6. The molecule has 184 valence electrons. The molecule has 0 fully saturated rings. The Morgan fingerprint density at radius 1 is 0.917 bits per heavy atom. The first-order valence-electron chi connectivity index (χ1n) is 11.4. The van der Waals surface area contributed by atoms with Crippen molar-refractivity contribution < 1.29 is 23.8 Å². The molecule has 1 N–H and O–H groups in total. The predicted octanol–water partition coefficient (Wildman–Crippen LogP) is 4.29. The van der Waals surface area contributed by atoms with Gasteiger partial charge in [-0.3, -0.25) is 14.4 Å². The number of aromatic nitrogens is 1. The molecule has 1 heterocycles. The molecule has 0 spiro atoms. The largest absolute Gasteiger partial charge is 0.494 e. The Morgan fingerprint density at radius 3 is 2.22 bits per heavy atom. The van der Waals surface area contributed by atoms with Crippen LogP contribution in [-0.4, -0.2) is 37.1 Å². The predicted molar refractivity (Wildman–Crippen MR) is 137 cm³/mol. The highest BCUT2D eigenvalue weighted by molar-refractivity contribution is 6.10. The first kappa shape index (κ1) is 24.5. The fourth-order valence-corrected chi connectivity index (χ4v) is 3.91. The molecule has 0 aliphatic heterocycles. The van der Waals surface area contributed by atoms with Gasteiger partial charge in [-0.05, 0) is 37.3 Å². The molecular weight excluding hydrogens is 460 g/mol. The van der Waals surface area contributed by atoms with Crippen LogP contribution in [0, 0.1) is 0 Å². The molecule has 8 nitrogen and oxygen atoms in total. The highest BCUT2D eigenvalue weighted by atomic mass is 16.5. The number of benzene rings is 3. The van der Waals surface area contributed by atoms with Crippen molar-refractivity contribution in [1.82, 2.24) is 4.57 Å². The van der Waals surface area contributed by atoms with E-state index in [-0.39, 0.29) is 23.4 Å². The van der Waals surface area contributed by atoms with Crippen molar-refractivity contribution in [2.75, 3.05) is 26.1 Å². The molecule has 3 aromatic carbocycles. The maximum Gasteiger partial charge on any atom is 0.244 e. The van der Waals surface area contributed by atoms with Gasteiger partial charge in [0.15, 0.2) is 17.3 Å². The highest BCUT2D eigenvalue weighted by Gasteiger charge is 2.20. The smallest absolute Gasteiger partial charge is 0.244 e. The number of nitrogens with one attached hydrogen (secondary N) is 1. The number of amides is 1. The zero-order chi connectivity index (χ0) is 25.7. The monoisotopic (exact) mass is 486 g/mol. The minimum absolute atomic E-state index is 0.0465. The van der Waals surface area contributed by atoms with Gasteiger partial charge in [0, 0.05) is 23.5 Å². The van der Waals surface area contributed by atoms with Gasteiger partial charge in [-0.15, -0.1) is 0 Å². The molecule has 1 amide bonds. The summed E-state index contributed by atoms with van der Waals surface area (Å²) in [4.78, 5) is 39.6. The van der Waals surface area contributed by atoms with E-state index in [4.69, 9.17) is 14.2 Å². The fourth-order valence-electron chi connectivity index (χ4n) is 3.91. The second-order valence-corrected chi connectivity index (χ2v) is 7.92. The lowest BCUT2D eigenvalue weighted by Gasteiger charge is -2.16. The summed E-state index contributed by atoms with van der Waals surface area (Å²) in [7, 11) is 2.95. The molecule has 8 heteroatoms. The topological polar surface area (TPSA) is 95.9 Å². The van der Waals surface area contributed by atoms with E-state index < -0.39 is 11.2 Å². The van der Waals surface area contributed by atoms with E-state index in [9.17, 15) is 14.4 Å². The third-order valence-corrected chi connectivity index (χ3v) is 5.63. The van der Waals surface area contributed by atoms with E-state index in [1.165, 1.54) is 26.5 Å². The standard InChI is InChI=1S/C28H26N2O6/c1-4-36-20-12-10-19(11-13-20)29-26(31)17-30-16-22(27(32)18-8-6-5-7-9-18)28(33)21-14-24(34-2)25(35-3)15-23(21)30/h5-16H,4,17H2,1-3H3,(H,29,31). The minimum Gasteiger partial charge on any atom is -0.494 e. The molecule has 0 unspecified atom stereocenters. The van der Waals surface area contributed by atoms with Gasteiger partial charge in [-0.2, -0.15) is 0 Å². The summed E-state index contributed by atoms with van der Waals surface area (Å²) in [6, 6.07) is 18.7. The molecule has 0 aliphatic carbocycles. The van der Waals surface area contributed by atoms with Crippen molar-refractivity contribution >= 4 is 28.3 Å². The van der Waals surface area contributed by atoms with Crippen LogP contribution in [0.4, 0.5) is 5.69 Å². The van der Waals surface area contributed by atoms with Crippen molar-refractivity contribution in [1.29, 1.82) is 0 Å². The summed E-state index contributed by atoms with van der Waals surface area (Å²) in [5.74, 6) is 0.672. The number of ether oxygens (including phenoxy) is 3. The summed E-state index contributed by atoms with van der Waals surface area (Å²) in [5, 5.41) is 3.08. The Kier molecular flexibility index (Phi) is 7.34. The van der Waals surface area contributed by atoms with Crippen molar-refractivity contribution in [3.05, 3.63) is 94.3 Å². The molecular formula is C28H26N2O6. The van der Waals surface area contributed by atoms with Crippen molar-refractivity contribution in [2.24, 2.45) is 0 Å². The van der Waals surface area contributed by atoms with E-state index >= 15 is 0 Å². The molecule has 4 aromatic rings. The number of fused-ring (bicyclic) bond motifs is 1. The number of carbonyl (C=O) groups is 2. The second kappa shape index (κ2) is 10.8. The quantitative estimate of drug-likeness (QED) is 0.355. The number of hydrogen-bond donors (Lipinski definition) is 1. The molecule has 4 rings (SSSR count). The molecule has 0 radical (unpaired) electrons. The summed E-state index contributed by atoms with van der Waals surface area (Å²) < 4.78 is 17.8. The van der Waals surface area contributed by atoms with Crippen molar-refractivity contribution in [3.63, 3.8) is 0 Å². The molecule has 0 saturated heterocycles. The minimum atomic E-state index is -0.456. The van der Waals surface area contributed by atoms with Crippen LogP contribution >= 0.6 is 0 Å². The summed E-state index contributed by atoms with van der Waals surface area (Å²) in [6.07, 6.45) is 1.42. The van der Waals surface area contributed by atoms with Gasteiger partial charge in [0.05, 0.1) is 37.3 Å². The Morgan fingerprint density at radius 2 is 1.58 bits per heavy atom. The zero-order valence-corrected chi connectivity index (χ0v) is 20.2. The van der Waals surface area contributed by atoms with E-state index in [2.05, 4.69) is 5.32 Å². The maximum atomic E-state index is 13.4. The lowest BCUT2D eigenvalue weighted by atomic mass is 10.0. The van der Waals surface area contributed by atoms with Gasteiger partial charge in [0.1, 0.15) is 12.3 Å². The van der Waals surface area contributed by atoms with Crippen LogP contribution in [0.15, 0.2) is 77.7 Å². The lowest BCUT2D eigenvalue weighted by Crippen LogP contribution is -2.24. The second-order valence-electron chi connectivity index (χ2n) is 7.92. The summed E-state index contributed by atoms with van der Waals surface area (Å²) in [6.45, 7) is 2.30. The van der Waals surface area contributed by atoms with E-state index in [1.54, 1.807) is 65.2 Å². The van der Waals surface area contributed by atoms with Crippen LogP contribution in [0.2, 0.25) is 0 Å². The van der Waals surface area contributed by atoms with Gasteiger partial charge >= 0.3 is 0 Å². The Balaban J connectivity index is 1.76. The van der Waals surface area contributed by atoms with Crippen molar-refractivity contribution in [2.45, 2.75) is 13.5 Å². The van der Waals surface area contributed by atoms with Crippen LogP contribution in [-0.2, 0) is 11.3 Å². The summed E-state index contributed by atoms with van der Waals surface area (Å²) >= 11 is 0. The Labute approximate surface area is 208 Å². The van der Waals surface area contributed by atoms with Crippen molar-refractivity contribution in [3.8, 4) is 17.2 Å². The molecule has 0 aliphatic rings. The third-order valence-electron chi connectivity index (χ3n) is 5.63. The molecule has 0 bridgehead atoms. The number of carbonyl (C=O) groups excluding carboxylic acids is 2. The SMILES string of the molecule is CCOc1ccc(NC(=O)Cn2cc(C(=O)c3ccccc3)c(=O)c3cc(OC)c(OC)cc32)cc1. The van der Waals surface area contributed by atoms with Gasteiger partial charge in [-0.1, -0.05) is 30.3 Å². The van der Waals surface area contributed by atoms with Crippen LogP contribution in [0.3, 0.4) is 0 Å². The number of methoxy groups -OCH3 is 2. The average molecular weight is 487 g/mol. The van der Waals surface area contributed by atoms with Crippen LogP contribution in [0.1, 0.15) is 22.8 Å². The molecule has 36 heavy (non-hydrogen) atoms. The van der Waals surface area contributed by atoms with Gasteiger partial charge in [0.25, 0.3) is 0 Å². The van der Waals surface area contributed by atoms with Crippen LogP contribution < -0.4 is 25.0 Å². The first-order chi connectivity index (χ1) is 17.4. The number of nitrogens with zero attached hydrogens (tertiary/aromatic N) is 1. The average Bonchev–Trinajstić information content (AvgIpc) is 2.90. The number of ketones is 1. The first-order valence-corrected chi connectivity index (χ1v) is 11.4. The number of hydrogen-bond acceptors (Lipinski definition) is 6. The molecule has 0 saturated carbocycles. The van der Waals surface area contributed by atoms with E-state index in [0.29, 0.717) is 40.6 Å². The number of rotatable bonds is 9. The maximum absolute atomic E-state index is 13.4. The third kappa shape index (κ3) is 5.07. The zero-order valence-electron chi connectivity index (χ0n) is 20.2. The lowest BCUT2D eigenvalue weighted by molar-refractivity contribution is -0.116. The number of anilines is 1. The van der Waals surface area contributed by atoms with Crippen LogP contribution in [0.5, 0.6) is 17.2 Å². The Hall–Kier alpha value is -4.59. The fraction of sp³-hybridized carbons (Fsp3) is 0.179. The van der Waals surface area contributed by atoms with Gasteiger partial charge < -0.3 is 24.1 Å². The van der Waals surface area contributed by atoms with Crippen LogP contribution in [0.25, 0.3) is 10.9 Å². The summed E-state index contributed by atoms with van der Waals surface area (Å²) in [5.41, 5.74) is 0.898. The highest BCUT2D eigenvalue weighted by Crippen LogP contribution is 2.31. The molecule has 1 aromatic heterocycles. The van der Waals surface area contributed by atoms with E-state index in [1.807, 2.05) is 6.92 Å². The van der Waals surface area contributed by atoms with Gasteiger partial charge in [0.2, 0.25) is 11.3 Å². The van der Waals surface area contributed by atoms with Gasteiger partial charge in [-0.25, -0.2) is 0 Å². The molecule has 0 atom stereocenters. The van der Waals surface area contributed by atoms with E-state index in [0.717, 1.165) is 0 Å². The number of pyridine rings is 1.